The third-order valence-electron chi connectivity index (χ3n) is 6.98. The van der Waals surface area contributed by atoms with Gasteiger partial charge in [0.2, 0.25) is 0 Å². The molecule has 0 N–H and O–H groups in total. The second kappa shape index (κ2) is 14.0. The number of carbonyl (C=O) groups is 2. The Bertz CT molecular complexity index is 1700. The fraction of sp³-hybridized carbons (Fsp3) is 0.323. The summed E-state index contributed by atoms with van der Waals surface area (Å²) in [6.45, 7) is 0.721. The van der Waals surface area contributed by atoms with Crippen LogP contribution in [-0.4, -0.2) is 60.3 Å². The molecule has 0 radical (unpaired) electrons. The Labute approximate surface area is 248 Å². The third kappa shape index (κ3) is 6.77. The SMILES string of the molecule is COCCCC(=O)c1cnn2ccc(CC(=O)C(CCOC)n3cc(OC)c(-c4cc(Cl)ccc4C#N)cc3=O)cc12. The van der Waals surface area contributed by atoms with E-state index >= 15 is 0 Å². The summed E-state index contributed by atoms with van der Waals surface area (Å²) in [7, 11) is 4.56. The first-order chi connectivity index (χ1) is 20.3. The van der Waals surface area contributed by atoms with Crippen LogP contribution in [0.25, 0.3) is 16.6 Å². The Morgan fingerprint density at radius 3 is 2.57 bits per heavy atom. The molecule has 0 aliphatic rings. The fourth-order valence-corrected chi connectivity index (χ4v) is 5.02. The van der Waals surface area contributed by atoms with Crippen molar-refractivity contribution in [2.24, 2.45) is 0 Å². The van der Waals surface area contributed by atoms with E-state index in [0.717, 1.165) is 0 Å². The zero-order valence-corrected chi connectivity index (χ0v) is 24.4. The molecule has 0 amide bonds. The highest BCUT2D eigenvalue weighted by molar-refractivity contribution is 6.31. The van der Waals surface area contributed by atoms with Crippen molar-refractivity contribution < 1.29 is 23.8 Å². The molecule has 1 unspecified atom stereocenters. The van der Waals surface area contributed by atoms with Crippen LogP contribution in [0, 0.1) is 11.3 Å². The number of ketones is 2. The highest BCUT2D eigenvalue weighted by atomic mass is 35.5. The zero-order chi connectivity index (χ0) is 30.2. The average Bonchev–Trinajstić information content (AvgIpc) is 3.41. The van der Waals surface area contributed by atoms with Gasteiger partial charge in [-0.25, -0.2) is 4.52 Å². The molecule has 1 atom stereocenters. The molecular weight excluding hydrogens is 560 g/mol. The first-order valence-corrected chi connectivity index (χ1v) is 13.7. The highest BCUT2D eigenvalue weighted by Crippen LogP contribution is 2.33. The normalized spacial score (nSPS) is 11.8. The van der Waals surface area contributed by atoms with Gasteiger partial charge in [-0.2, -0.15) is 10.4 Å². The summed E-state index contributed by atoms with van der Waals surface area (Å²) in [6, 6.07) is 10.9. The van der Waals surface area contributed by atoms with Crippen molar-refractivity contribution in [3.05, 3.63) is 87.1 Å². The quantitative estimate of drug-likeness (QED) is 0.153. The summed E-state index contributed by atoms with van der Waals surface area (Å²) in [4.78, 5) is 39.9. The molecule has 0 aliphatic heterocycles. The monoisotopic (exact) mass is 590 g/mol. The summed E-state index contributed by atoms with van der Waals surface area (Å²) in [5.41, 5.74) is 2.49. The van der Waals surface area contributed by atoms with E-state index in [1.165, 1.54) is 37.2 Å². The number of Topliss-reactive ketones (excluding diaryl/α,β-unsaturated/α-hetero) is 2. The number of aromatic nitrogens is 3. The molecule has 0 aliphatic carbocycles. The highest BCUT2D eigenvalue weighted by Gasteiger charge is 2.24. The van der Waals surface area contributed by atoms with Gasteiger partial charge in [0.25, 0.3) is 5.56 Å². The molecule has 11 heteroatoms. The Morgan fingerprint density at radius 1 is 1.07 bits per heavy atom. The minimum absolute atomic E-state index is 0.0107. The Hall–Kier alpha value is -4.30. The van der Waals surface area contributed by atoms with E-state index in [1.54, 1.807) is 48.2 Å². The average molecular weight is 591 g/mol. The number of ether oxygens (including phenoxy) is 3. The zero-order valence-electron chi connectivity index (χ0n) is 23.6. The first kappa shape index (κ1) is 30.7. The van der Waals surface area contributed by atoms with Gasteiger partial charge in [-0.1, -0.05) is 11.6 Å². The van der Waals surface area contributed by atoms with Gasteiger partial charge in [0.1, 0.15) is 5.75 Å². The van der Waals surface area contributed by atoms with Crippen LogP contribution in [0.5, 0.6) is 5.75 Å². The van der Waals surface area contributed by atoms with Crippen LogP contribution in [0.4, 0.5) is 0 Å². The van der Waals surface area contributed by atoms with Crippen molar-refractivity contribution >= 4 is 28.7 Å². The second-order valence-corrected chi connectivity index (χ2v) is 10.1. The van der Waals surface area contributed by atoms with Crippen molar-refractivity contribution in [2.45, 2.75) is 31.7 Å². The summed E-state index contributed by atoms with van der Waals surface area (Å²) < 4.78 is 18.8. The standard InChI is InChI=1S/C31H31ClN4O6/c1-40-11-4-5-28(37)25-18-34-36-10-8-20(13-27(25)36)14-29(38)26(9-12-41-2)35-19-30(42-3)24(16-31(35)39)23-15-22(32)7-6-21(23)17-33/h6-8,10,13,15-16,18-19,26H,4-5,9,11-12,14H2,1-3H3. The van der Waals surface area contributed by atoms with Gasteiger partial charge in [0.05, 0.1) is 48.3 Å². The Morgan fingerprint density at radius 2 is 1.86 bits per heavy atom. The fourth-order valence-electron chi connectivity index (χ4n) is 4.85. The summed E-state index contributed by atoms with van der Waals surface area (Å²) >= 11 is 6.18. The lowest BCUT2D eigenvalue weighted by Crippen LogP contribution is -2.31. The summed E-state index contributed by atoms with van der Waals surface area (Å²) in [6.07, 6.45) is 5.89. The number of hydrogen-bond acceptors (Lipinski definition) is 8. The molecule has 0 bridgehead atoms. The van der Waals surface area contributed by atoms with Gasteiger partial charge >= 0.3 is 0 Å². The molecule has 0 saturated carbocycles. The van der Waals surface area contributed by atoms with Crippen LogP contribution in [0.2, 0.25) is 5.02 Å². The molecule has 3 heterocycles. The van der Waals surface area contributed by atoms with Crippen LogP contribution < -0.4 is 10.3 Å². The number of nitriles is 1. The number of methoxy groups -OCH3 is 3. The maximum atomic E-state index is 13.7. The van der Waals surface area contributed by atoms with Gasteiger partial charge < -0.3 is 18.8 Å². The third-order valence-corrected chi connectivity index (χ3v) is 7.21. The lowest BCUT2D eigenvalue weighted by Gasteiger charge is -2.21. The van der Waals surface area contributed by atoms with Crippen molar-refractivity contribution in [3.63, 3.8) is 0 Å². The van der Waals surface area contributed by atoms with Crippen LogP contribution >= 0.6 is 11.6 Å². The molecule has 1 aromatic carbocycles. The molecule has 218 valence electrons. The number of hydrogen-bond donors (Lipinski definition) is 0. The molecular formula is C31H31ClN4O6. The van der Waals surface area contributed by atoms with Crippen molar-refractivity contribution in [3.8, 4) is 22.9 Å². The number of carbonyl (C=O) groups excluding carboxylic acids is 2. The van der Waals surface area contributed by atoms with E-state index in [9.17, 15) is 19.6 Å². The first-order valence-electron chi connectivity index (χ1n) is 13.3. The molecule has 3 aromatic heterocycles. The Kier molecular flexibility index (Phi) is 10.3. The van der Waals surface area contributed by atoms with Crippen molar-refractivity contribution in [2.75, 3.05) is 34.5 Å². The molecule has 4 aromatic rings. The van der Waals surface area contributed by atoms with Gasteiger partial charge in [-0.3, -0.25) is 14.4 Å². The van der Waals surface area contributed by atoms with Crippen molar-refractivity contribution in [1.29, 1.82) is 5.26 Å². The lowest BCUT2D eigenvalue weighted by atomic mass is 9.98. The van der Waals surface area contributed by atoms with E-state index in [-0.39, 0.29) is 31.0 Å². The van der Waals surface area contributed by atoms with Gasteiger partial charge in [0.15, 0.2) is 11.6 Å². The minimum atomic E-state index is -0.855. The second-order valence-electron chi connectivity index (χ2n) is 9.69. The lowest BCUT2D eigenvalue weighted by molar-refractivity contribution is -0.122. The van der Waals surface area contributed by atoms with E-state index in [1.807, 2.05) is 0 Å². The predicted molar refractivity (Wildman–Crippen MR) is 157 cm³/mol. The molecule has 10 nitrogen and oxygen atoms in total. The van der Waals surface area contributed by atoms with Gasteiger partial charge in [0, 0.05) is 68.7 Å². The predicted octanol–water partition coefficient (Wildman–Crippen LogP) is 4.70. The largest absolute Gasteiger partial charge is 0.495 e. The number of halogens is 1. The van der Waals surface area contributed by atoms with Crippen LogP contribution in [0.3, 0.4) is 0 Å². The van der Waals surface area contributed by atoms with Crippen LogP contribution in [0.1, 0.15) is 46.8 Å². The van der Waals surface area contributed by atoms with Crippen LogP contribution in [0.15, 0.2) is 59.8 Å². The summed E-state index contributed by atoms with van der Waals surface area (Å²) in [5, 5.41) is 14.3. The number of rotatable bonds is 14. The molecule has 0 fully saturated rings. The van der Waals surface area contributed by atoms with E-state index < -0.39 is 11.6 Å². The number of fused-ring (bicyclic) bond motifs is 1. The molecule has 4 rings (SSSR count). The van der Waals surface area contributed by atoms with Crippen molar-refractivity contribution in [1.82, 2.24) is 14.2 Å². The topological polar surface area (TPSA) is 125 Å². The minimum Gasteiger partial charge on any atom is -0.495 e. The summed E-state index contributed by atoms with van der Waals surface area (Å²) in [5.74, 6) is 0.0312. The number of benzene rings is 1. The number of pyridine rings is 2. The van der Waals surface area contributed by atoms with Crippen LogP contribution in [-0.2, 0) is 20.7 Å². The van der Waals surface area contributed by atoms with E-state index in [4.69, 9.17) is 25.8 Å². The maximum absolute atomic E-state index is 13.7. The van der Waals surface area contributed by atoms with E-state index in [0.29, 0.717) is 63.6 Å². The van der Waals surface area contributed by atoms with Gasteiger partial charge in [-0.05, 0) is 48.7 Å². The van der Waals surface area contributed by atoms with E-state index in [2.05, 4.69) is 11.2 Å². The Balaban J connectivity index is 1.67. The molecule has 0 saturated heterocycles. The molecule has 42 heavy (non-hydrogen) atoms. The number of nitrogens with zero attached hydrogens (tertiary/aromatic N) is 4. The maximum Gasteiger partial charge on any atom is 0.252 e. The van der Waals surface area contributed by atoms with Gasteiger partial charge in [-0.15, -0.1) is 0 Å². The molecule has 0 spiro atoms. The smallest absolute Gasteiger partial charge is 0.252 e.